The molecule has 3 rings (SSSR count). The second-order valence-corrected chi connectivity index (χ2v) is 6.64. The standard InChI is InChI=1S/C20H21NO.C2H2O4/c1-21(2)13-7-8-15-14-20(22)19-12-6-5-11-18(19)17-10-4-3-9-16(15)17;3-1(4)2(5)6/h3-6,9-12,14H,7-8,13H2,1-2H3;(H,3,4)(H,5,6). The maximum Gasteiger partial charge on any atom is 0.414 e. The summed E-state index contributed by atoms with van der Waals surface area (Å²) < 4.78 is 0. The van der Waals surface area contributed by atoms with E-state index in [1.807, 2.05) is 36.4 Å². The maximum atomic E-state index is 12.6. The van der Waals surface area contributed by atoms with Crippen molar-refractivity contribution in [3.05, 3.63) is 70.4 Å². The number of nitrogens with zero attached hydrogens (tertiary/aromatic N) is 1. The molecule has 0 radical (unpaired) electrons. The highest BCUT2D eigenvalue weighted by Gasteiger charge is 2.07. The van der Waals surface area contributed by atoms with E-state index in [1.54, 1.807) is 0 Å². The number of benzene rings is 2. The molecule has 28 heavy (non-hydrogen) atoms. The lowest BCUT2D eigenvalue weighted by Crippen LogP contribution is -2.13. The number of carbonyl (C=O) groups is 2. The average Bonchev–Trinajstić information content (AvgIpc) is 2.78. The van der Waals surface area contributed by atoms with E-state index in [4.69, 9.17) is 19.8 Å². The minimum absolute atomic E-state index is 0.117. The van der Waals surface area contributed by atoms with E-state index >= 15 is 0 Å². The van der Waals surface area contributed by atoms with Crippen molar-refractivity contribution in [2.45, 2.75) is 12.8 Å². The van der Waals surface area contributed by atoms with Crippen LogP contribution in [0.4, 0.5) is 0 Å². The van der Waals surface area contributed by atoms with Crippen LogP contribution < -0.4 is 5.43 Å². The first-order chi connectivity index (χ1) is 13.3. The van der Waals surface area contributed by atoms with Crippen molar-refractivity contribution in [3.63, 3.8) is 0 Å². The highest BCUT2D eigenvalue weighted by Crippen LogP contribution is 2.25. The summed E-state index contributed by atoms with van der Waals surface area (Å²) in [6, 6.07) is 18.1. The Hall–Kier alpha value is -3.25. The smallest absolute Gasteiger partial charge is 0.414 e. The van der Waals surface area contributed by atoms with Gasteiger partial charge in [-0.2, -0.15) is 0 Å². The summed E-state index contributed by atoms with van der Waals surface area (Å²) in [4.78, 5) is 33.0. The Morgan fingerprint density at radius 2 is 1.29 bits per heavy atom. The van der Waals surface area contributed by atoms with Gasteiger partial charge < -0.3 is 15.1 Å². The van der Waals surface area contributed by atoms with Gasteiger partial charge in [-0.3, -0.25) is 4.79 Å². The summed E-state index contributed by atoms with van der Waals surface area (Å²) in [5.74, 6) is -3.65. The fraction of sp³-hybridized carbons (Fsp3) is 0.227. The number of carboxylic acid groups (broad SMARTS) is 2. The van der Waals surface area contributed by atoms with E-state index < -0.39 is 11.9 Å². The second kappa shape index (κ2) is 9.62. The fourth-order valence-electron chi connectivity index (χ4n) is 3.04. The Labute approximate surface area is 162 Å². The predicted octanol–water partition coefficient (Wildman–Crippen LogP) is 3.00. The molecule has 6 heteroatoms. The van der Waals surface area contributed by atoms with E-state index in [0.29, 0.717) is 0 Å². The molecule has 0 saturated heterocycles. The van der Waals surface area contributed by atoms with Crippen LogP contribution in [0.1, 0.15) is 12.0 Å². The van der Waals surface area contributed by atoms with Gasteiger partial charge in [0.05, 0.1) is 0 Å². The minimum Gasteiger partial charge on any atom is -0.473 e. The Kier molecular flexibility index (Phi) is 7.23. The van der Waals surface area contributed by atoms with Crippen molar-refractivity contribution < 1.29 is 19.8 Å². The molecular weight excluding hydrogens is 358 g/mol. The van der Waals surface area contributed by atoms with Crippen LogP contribution in [0.25, 0.3) is 21.5 Å². The Morgan fingerprint density at radius 1 is 0.821 bits per heavy atom. The number of rotatable bonds is 4. The highest BCUT2D eigenvalue weighted by atomic mass is 16.4. The third kappa shape index (κ3) is 5.37. The van der Waals surface area contributed by atoms with Crippen LogP contribution >= 0.6 is 0 Å². The van der Waals surface area contributed by atoms with Gasteiger partial charge >= 0.3 is 11.9 Å². The normalized spacial score (nSPS) is 10.5. The van der Waals surface area contributed by atoms with Gasteiger partial charge in [-0.1, -0.05) is 48.5 Å². The van der Waals surface area contributed by atoms with Gasteiger partial charge in [-0.25, -0.2) is 9.59 Å². The van der Waals surface area contributed by atoms with Crippen LogP contribution in [0.5, 0.6) is 0 Å². The van der Waals surface area contributed by atoms with Crippen molar-refractivity contribution in [3.8, 4) is 0 Å². The van der Waals surface area contributed by atoms with Gasteiger partial charge in [0.2, 0.25) is 0 Å². The molecule has 0 fully saturated rings. The number of aryl methyl sites for hydroxylation is 1. The van der Waals surface area contributed by atoms with Crippen LogP contribution in [-0.4, -0.2) is 47.7 Å². The summed E-state index contributed by atoms with van der Waals surface area (Å²) >= 11 is 0. The first kappa shape index (κ1) is 21.1. The zero-order chi connectivity index (χ0) is 20.7. The molecule has 0 aromatic heterocycles. The molecule has 0 unspecified atom stereocenters. The quantitative estimate of drug-likeness (QED) is 0.675. The molecule has 3 aromatic rings. The summed E-state index contributed by atoms with van der Waals surface area (Å²) in [5, 5.41) is 19.0. The molecule has 6 nitrogen and oxygen atoms in total. The third-order valence-corrected chi connectivity index (χ3v) is 4.30. The highest BCUT2D eigenvalue weighted by molar-refractivity contribution is 6.27. The van der Waals surface area contributed by atoms with E-state index in [9.17, 15) is 4.79 Å². The fourth-order valence-corrected chi connectivity index (χ4v) is 3.04. The largest absolute Gasteiger partial charge is 0.473 e. The summed E-state index contributed by atoms with van der Waals surface area (Å²) in [6.07, 6.45) is 1.98. The topological polar surface area (TPSA) is 94.9 Å². The molecule has 0 aliphatic heterocycles. The van der Waals surface area contributed by atoms with Gasteiger partial charge in [0, 0.05) is 5.39 Å². The van der Waals surface area contributed by atoms with Crippen molar-refractivity contribution >= 4 is 33.5 Å². The Morgan fingerprint density at radius 3 is 1.79 bits per heavy atom. The lowest BCUT2D eigenvalue weighted by molar-refractivity contribution is -0.159. The molecule has 0 spiro atoms. The minimum atomic E-state index is -1.82. The van der Waals surface area contributed by atoms with E-state index in [-0.39, 0.29) is 5.43 Å². The van der Waals surface area contributed by atoms with Crippen LogP contribution in [0.3, 0.4) is 0 Å². The first-order valence-corrected chi connectivity index (χ1v) is 8.86. The van der Waals surface area contributed by atoms with Gasteiger partial charge in [0.1, 0.15) is 0 Å². The zero-order valence-electron chi connectivity index (χ0n) is 15.9. The molecule has 0 bridgehead atoms. The zero-order valence-corrected chi connectivity index (χ0v) is 15.9. The summed E-state index contributed by atoms with van der Waals surface area (Å²) in [7, 11) is 4.16. The van der Waals surface area contributed by atoms with Crippen LogP contribution in [-0.2, 0) is 16.0 Å². The average molecular weight is 381 g/mol. The molecule has 2 N–H and O–H groups in total. The van der Waals surface area contributed by atoms with E-state index in [0.717, 1.165) is 35.7 Å². The van der Waals surface area contributed by atoms with E-state index in [2.05, 4.69) is 37.2 Å². The molecule has 0 heterocycles. The summed E-state index contributed by atoms with van der Waals surface area (Å²) in [5.41, 5.74) is 1.27. The molecular formula is C22H23NO5. The lowest BCUT2D eigenvalue weighted by atomic mass is 10.0. The van der Waals surface area contributed by atoms with E-state index in [1.165, 1.54) is 10.8 Å². The monoisotopic (exact) mass is 381 g/mol. The van der Waals surface area contributed by atoms with Gasteiger partial charge in [-0.05, 0) is 61.3 Å². The summed E-state index contributed by atoms with van der Waals surface area (Å²) in [6.45, 7) is 1.03. The Balaban J connectivity index is 0.000000409. The SMILES string of the molecule is CN(C)CCCc1cc(=O)c2ccccc2c2ccccc12.O=C(O)C(=O)O. The number of fused-ring (bicyclic) bond motifs is 3. The predicted molar refractivity (Wildman–Crippen MR) is 110 cm³/mol. The molecule has 0 atom stereocenters. The van der Waals surface area contributed by atoms with Crippen molar-refractivity contribution in [2.24, 2.45) is 0 Å². The van der Waals surface area contributed by atoms with Crippen LogP contribution in [0, 0.1) is 0 Å². The molecule has 0 aliphatic rings. The van der Waals surface area contributed by atoms with Gasteiger partial charge in [0.25, 0.3) is 0 Å². The number of hydrogen-bond donors (Lipinski definition) is 2. The van der Waals surface area contributed by atoms with Crippen LogP contribution in [0.15, 0.2) is 59.4 Å². The third-order valence-electron chi connectivity index (χ3n) is 4.30. The van der Waals surface area contributed by atoms with Crippen molar-refractivity contribution in [2.75, 3.05) is 20.6 Å². The van der Waals surface area contributed by atoms with Crippen LogP contribution in [0.2, 0.25) is 0 Å². The molecule has 0 aliphatic carbocycles. The van der Waals surface area contributed by atoms with Crippen molar-refractivity contribution in [1.82, 2.24) is 4.90 Å². The molecule has 3 aromatic carbocycles. The van der Waals surface area contributed by atoms with Crippen molar-refractivity contribution in [1.29, 1.82) is 0 Å². The second-order valence-electron chi connectivity index (χ2n) is 6.64. The number of hydrogen-bond acceptors (Lipinski definition) is 4. The van der Waals surface area contributed by atoms with Gasteiger partial charge in [-0.15, -0.1) is 0 Å². The molecule has 0 amide bonds. The molecule has 0 saturated carbocycles. The Bertz CT molecular complexity index is 1050. The maximum absolute atomic E-state index is 12.6. The van der Waals surface area contributed by atoms with Gasteiger partial charge in [0.15, 0.2) is 5.43 Å². The molecule has 146 valence electrons. The number of carboxylic acids is 2. The first-order valence-electron chi connectivity index (χ1n) is 8.86. The number of aliphatic carboxylic acids is 2. The lowest BCUT2D eigenvalue weighted by Gasteiger charge is -2.09.